The second-order valence-electron chi connectivity index (χ2n) is 5.44. The van der Waals surface area contributed by atoms with Gasteiger partial charge in [-0.25, -0.2) is 0 Å². The molecular formula is C14H21ClN2O2. The zero-order chi connectivity index (χ0) is 14.0. The van der Waals surface area contributed by atoms with Crippen LogP contribution < -0.4 is 5.73 Å². The number of nitrogen functional groups attached to an aromatic ring is 1. The first kappa shape index (κ1) is 14.6. The van der Waals surface area contributed by atoms with Crippen LogP contribution in [-0.2, 0) is 6.54 Å². The van der Waals surface area contributed by atoms with Gasteiger partial charge < -0.3 is 15.9 Å². The zero-order valence-corrected chi connectivity index (χ0v) is 11.9. The zero-order valence-electron chi connectivity index (χ0n) is 11.1. The summed E-state index contributed by atoms with van der Waals surface area (Å²) in [6.45, 7) is 0.681. The van der Waals surface area contributed by atoms with Gasteiger partial charge in [0.05, 0.1) is 0 Å². The summed E-state index contributed by atoms with van der Waals surface area (Å²) in [5.41, 5.74) is 7.60. The highest BCUT2D eigenvalue weighted by molar-refractivity contribution is 6.31. The van der Waals surface area contributed by atoms with Gasteiger partial charge in [0.1, 0.15) is 0 Å². The number of hydrogen-bond donors (Lipinski definition) is 3. The van der Waals surface area contributed by atoms with Crippen molar-refractivity contribution in [1.82, 2.24) is 4.90 Å². The third-order valence-corrected chi connectivity index (χ3v) is 4.30. The topological polar surface area (TPSA) is 69.7 Å². The smallest absolute Gasteiger partial charge is 0.162 e. The molecule has 1 saturated carbocycles. The third-order valence-electron chi connectivity index (χ3n) is 3.94. The maximum Gasteiger partial charge on any atom is 0.162 e. The molecule has 0 aromatic heterocycles. The number of nitrogens with two attached hydrogens (primary N) is 1. The molecule has 0 atom stereocenters. The molecule has 4 N–H and O–H groups in total. The quantitative estimate of drug-likeness (QED) is 0.586. The van der Waals surface area contributed by atoms with Crippen LogP contribution in [0.3, 0.4) is 0 Å². The molecule has 4 nitrogen and oxygen atoms in total. The average Bonchev–Trinajstić information content (AvgIpc) is 2.33. The van der Waals surface area contributed by atoms with Gasteiger partial charge in [0.25, 0.3) is 0 Å². The predicted molar refractivity (Wildman–Crippen MR) is 76.8 cm³/mol. The van der Waals surface area contributed by atoms with E-state index >= 15 is 0 Å². The van der Waals surface area contributed by atoms with E-state index < -0.39 is 5.79 Å². The third kappa shape index (κ3) is 3.60. The van der Waals surface area contributed by atoms with Crippen LogP contribution in [0.1, 0.15) is 31.2 Å². The first-order valence-electron chi connectivity index (χ1n) is 6.57. The van der Waals surface area contributed by atoms with Crippen LogP contribution in [0, 0.1) is 0 Å². The van der Waals surface area contributed by atoms with Gasteiger partial charge >= 0.3 is 0 Å². The minimum Gasteiger partial charge on any atom is -0.398 e. The Morgan fingerprint density at radius 1 is 1.37 bits per heavy atom. The van der Waals surface area contributed by atoms with Gasteiger partial charge in [-0.2, -0.15) is 0 Å². The molecule has 0 aliphatic heterocycles. The highest BCUT2D eigenvalue weighted by Crippen LogP contribution is 2.30. The van der Waals surface area contributed by atoms with Crippen molar-refractivity contribution in [2.45, 2.75) is 44.1 Å². The summed E-state index contributed by atoms with van der Waals surface area (Å²) >= 11 is 6.17. The maximum absolute atomic E-state index is 9.55. The number of rotatable bonds is 3. The molecule has 0 unspecified atom stereocenters. The van der Waals surface area contributed by atoms with E-state index in [0.717, 1.165) is 18.4 Å². The summed E-state index contributed by atoms with van der Waals surface area (Å²) in [4.78, 5) is 2.19. The number of benzene rings is 1. The fraction of sp³-hybridized carbons (Fsp3) is 0.571. The largest absolute Gasteiger partial charge is 0.398 e. The van der Waals surface area contributed by atoms with E-state index in [0.29, 0.717) is 36.1 Å². The summed E-state index contributed by atoms with van der Waals surface area (Å²) in [5.74, 6) is -1.49. The Morgan fingerprint density at radius 2 is 2.00 bits per heavy atom. The molecule has 0 spiro atoms. The Kier molecular flexibility index (Phi) is 4.36. The number of nitrogens with zero attached hydrogens (tertiary/aromatic N) is 1. The van der Waals surface area contributed by atoms with Crippen LogP contribution in [0.15, 0.2) is 18.2 Å². The van der Waals surface area contributed by atoms with Crippen molar-refractivity contribution in [2.75, 3.05) is 12.8 Å². The fourth-order valence-corrected chi connectivity index (χ4v) is 2.87. The van der Waals surface area contributed by atoms with E-state index in [1.54, 1.807) is 0 Å². The summed E-state index contributed by atoms with van der Waals surface area (Å²) in [5, 5.41) is 19.8. The lowest BCUT2D eigenvalue weighted by Crippen LogP contribution is -2.41. The van der Waals surface area contributed by atoms with Gasteiger partial charge in [-0.3, -0.25) is 4.90 Å². The number of aliphatic hydroxyl groups is 2. The first-order chi connectivity index (χ1) is 8.89. The Bertz CT molecular complexity index is 421. The molecule has 1 aromatic rings. The molecule has 19 heavy (non-hydrogen) atoms. The highest BCUT2D eigenvalue weighted by Gasteiger charge is 2.32. The summed E-state index contributed by atoms with van der Waals surface area (Å²) in [6.07, 6.45) is 2.38. The van der Waals surface area contributed by atoms with E-state index in [4.69, 9.17) is 17.3 Å². The van der Waals surface area contributed by atoms with Crippen LogP contribution in [-0.4, -0.2) is 34.0 Å². The van der Waals surface area contributed by atoms with Gasteiger partial charge in [-0.05, 0) is 32.0 Å². The van der Waals surface area contributed by atoms with Crippen molar-refractivity contribution >= 4 is 17.3 Å². The van der Waals surface area contributed by atoms with Gasteiger partial charge in [-0.15, -0.1) is 0 Å². The van der Waals surface area contributed by atoms with Crippen LogP contribution in [0.4, 0.5) is 5.69 Å². The molecule has 5 heteroatoms. The normalized spacial score (nSPS) is 19.8. The minimum absolute atomic E-state index is 0.336. The van der Waals surface area contributed by atoms with Crippen molar-refractivity contribution in [3.05, 3.63) is 28.8 Å². The van der Waals surface area contributed by atoms with Gasteiger partial charge in [0, 0.05) is 41.7 Å². The van der Waals surface area contributed by atoms with Crippen LogP contribution in [0.2, 0.25) is 5.02 Å². The highest BCUT2D eigenvalue weighted by atomic mass is 35.5. The molecule has 1 aliphatic carbocycles. The van der Waals surface area contributed by atoms with E-state index in [2.05, 4.69) is 4.90 Å². The Labute approximate surface area is 118 Å². The Balaban J connectivity index is 2.00. The molecular weight excluding hydrogens is 264 g/mol. The van der Waals surface area contributed by atoms with Crippen molar-refractivity contribution in [3.63, 3.8) is 0 Å². The molecule has 0 saturated heterocycles. The number of anilines is 1. The lowest BCUT2D eigenvalue weighted by Gasteiger charge is -2.36. The second-order valence-corrected chi connectivity index (χ2v) is 5.84. The standard InChI is InChI=1S/C14H21ClN2O2/c1-17(10-5-7-14(18,19)8-6-10)9-11-12(15)3-2-4-13(11)16/h2-4,10,18-19H,5-9,16H2,1H3. The predicted octanol–water partition coefficient (Wildman–Crippen LogP) is 1.98. The molecule has 1 aromatic carbocycles. The monoisotopic (exact) mass is 284 g/mol. The summed E-state index contributed by atoms with van der Waals surface area (Å²) in [6, 6.07) is 5.87. The average molecular weight is 285 g/mol. The van der Waals surface area contributed by atoms with Gasteiger partial charge in [0.2, 0.25) is 0 Å². The van der Waals surface area contributed by atoms with Gasteiger partial charge in [0.15, 0.2) is 5.79 Å². The SMILES string of the molecule is CN(Cc1c(N)cccc1Cl)C1CCC(O)(O)CC1. The van der Waals surface area contributed by atoms with Crippen LogP contribution >= 0.6 is 11.6 Å². The maximum atomic E-state index is 9.55. The number of halogens is 1. The molecule has 0 radical (unpaired) electrons. The molecule has 1 aliphatic rings. The van der Waals surface area contributed by atoms with Gasteiger partial charge in [-0.1, -0.05) is 17.7 Å². The van der Waals surface area contributed by atoms with E-state index in [1.807, 2.05) is 25.2 Å². The lowest BCUT2D eigenvalue weighted by molar-refractivity contribution is -0.187. The van der Waals surface area contributed by atoms with Crippen LogP contribution in [0.25, 0.3) is 0 Å². The van der Waals surface area contributed by atoms with Crippen molar-refractivity contribution in [2.24, 2.45) is 0 Å². The summed E-state index contributed by atoms with van der Waals surface area (Å²) in [7, 11) is 2.02. The Hall–Kier alpha value is -0.810. The minimum atomic E-state index is -1.49. The molecule has 0 amide bonds. The van der Waals surface area contributed by atoms with E-state index in [-0.39, 0.29) is 0 Å². The first-order valence-corrected chi connectivity index (χ1v) is 6.95. The molecule has 106 valence electrons. The summed E-state index contributed by atoms with van der Waals surface area (Å²) < 4.78 is 0. The van der Waals surface area contributed by atoms with Crippen molar-refractivity contribution < 1.29 is 10.2 Å². The second kappa shape index (κ2) is 5.67. The number of hydrogen-bond acceptors (Lipinski definition) is 4. The molecule has 0 heterocycles. The fourth-order valence-electron chi connectivity index (χ4n) is 2.63. The van der Waals surface area contributed by atoms with Crippen molar-refractivity contribution in [3.8, 4) is 0 Å². The molecule has 1 fully saturated rings. The molecule has 2 rings (SSSR count). The lowest BCUT2D eigenvalue weighted by atomic mass is 9.89. The van der Waals surface area contributed by atoms with Crippen LogP contribution in [0.5, 0.6) is 0 Å². The molecule has 0 bridgehead atoms. The van der Waals surface area contributed by atoms with Crippen molar-refractivity contribution in [1.29, 1.82) is 0 Å². The Morgan fingerprint density at radius 3 is 2.58 bits per heavy atom. The van der Waals surface area contributed by atoms with E-state index in [9.17, 15) is 10.2 Å². The van der Waals surface area contributed by atoms with E-state index in [1.165, 1.54) is 0 Å².